The number of nitrogens with one attached hydrogen (secondary N) is 1. The van der Waals surface area contributed by atoms with Crippen LogP contribution in [-0.2, 0) is 14.3 Å². The van der Waals surface area contributed by atoms with Crippen molar-refractivity contribution >= 4 is 29.1 Å². The van der Waals surface area contributed by atoms with E-state index < -0.39 is 36.3 Å². The van der Waals surface area contributed by atoms with Gasteiger partial charge in [0.25, 0.3) is 5.91 Å². The van der Waals surface area contributed by atoms with E-state index in [1.165, 1.54) is 18.2 Å². The minimum Gasteiger partial charge on any atom is -0.486 e. The molecular weight excluding hydrogens is 559 g/mol. The minimum absolute atomic E-state index is 0.180. The fourth-order valence-corrected chi connectivity index (χ4v) is 4.94. The number of anilines is 3. The van der Waals surface area contributed by atoms with Crippen molar-refractivity contribution in [3.63, 3.8) is 0 Å². The van der Waals surface area contributed by atoms with Crippen molar-refractivity contribution in [3.05, 3.63) is 54.4 Å². The Hall–Kier alpha value is -4.87. The fraction of sp³-hybridized carbons (Fsp3) is 0.379. The van der Waals surface area contributed by atoms with Crippen molar-refractivity contribution in [1.82, 2.24) is 19.9 Å². The first-order chi connectivity index (χ1) is 20.7. The number of rotatable bonds is 8. The van der Waals surface area contributed by atoms with Gasteiger partial charge < -0.3 is 35.4 Å². The third kappa shape index (κ3) is 6.96. The molecule has 2 saturated heterocycles. The highest BCUT2D eigenvalue weighted by Crippen LogP contribution is 2.29. The first-order valence-corrected chi connectivity index (χ1v) is 13.8. The molecule has 2 aromatic carbocycles. The summed E-state index contributed by atoms with van der Waals surface area (Å²) < 4.78 is 26.1. The van der Waals surface area contributed by atoms with E-state index in [9.17, 15) is 24.3 Å². The van der Waals surface area contributed by atoms with Crippen LogP contribution < -0.4 is 20.7 Å². The number of likely N-dealkylation sites (tertiary alicyclic amines) is 1. The van der Waals surface area contributed by atoms with Crippen molar-refractivity contribution in [2.45, 2.75) is 37.8 Å². The van der Waals surface area contributed by atoms with E-state index in [1.54, 1.807) is 18.2 Å². The van der Waals surface area contributed by atoms with Crippen molar-refractivity contribution in [2.75, 3.05) is 43.0 Å². The van der Waals surface area contributed by atoms with Gasteiger partial charge in [-0.3, -0.25) is 9.59 Å². The van der Waals surface area contributed by atoms with Crippen molar-refractivity contribution < 1.29 is 28.6 Å². The molecule has 0 spiro atoms. The van der Waals surface area contributed by atoms with Crippen molar-refractivity contribution in [1.29, 1.82) is 5.26 Å². The maximum Gasteiger partial charge on any atom is 0.251 e. The molecule has 4 atom stereocenters. The number of hydrogen-bond donors (Lipinski definition) is 3. The molecule has 2 aliphatic heterocycles. The van der Waals surface area contributed by atoms with Crippen LogP contribution in [0, 0.1) is 11.3 Å². The van der Waals surface area contributed by atoms with Crippen molar-refractivity contribution in [2.24, 2.45) is 5.73 Å². The molecule has 4 N–H and O–H groups in total. The Morgan fingerprint density at radius 3 is 2.70 bits per heavy atom. The summed E-state index contributed by atoms with van der Waals surface area (Å²) in [7, 11) is 0. The first kappa shape index (κ1) is 29.6. The average molecular weight is 591 g/mol. The Morgan fingerprint density at radius 2 is 2.00 bits per heavy atom. The molecule has 43 heavy (non-hydrogen) atoms. The molecule has 224 valence electrons. The molecule has 2 aliphatic rings. The van der Waals surface area contributed by atoms with Gasteiger partial charge in [0, 0.05) is 36.4 Å². The van der Waals surface area contributed by atoms with Crippen LogP contribution in [-0.4, -0.2) is 94.0 Å². The molecule has 5 rings (SSSR count). The number of nitriles is 1. The molecule has 0 bridgehead atoms. The predicted octanol–water partition coefficient (Wildman–Crippen LogP) is 1.54. The molecule has 2 amide bonds. The molecule has 2 unspecified atom stereocenters. The second-order valence-electron chi connectivity index (χ2n) is 10.3. The van der Waals surface area contributed by atoms with Crippen LogP contribution in [0.15, 0.2) is 48.8 Å². The monoisotopic (exact) mass is 590 g/mol. The highest BCUT2D eigenvalue weighted by molar-refractivity contribution is 5.80. The van der Waals surface area contributed by atoms with Crippen LogP contribution in [0.2, 0.25) is 0 Å². The zero-order valence-electron chi connectivity index (χ0n) is 23.4. The van der Waals surface area contributed by atoms with E-state index in [2.05, 4.69) is 26.3 Å². The molecule has 0 saturated carbocycles. The zero-order chi connectivity index (χ0) is 30.5. The molecule has 3 aromatic rings. The number of morpholine rings is 1. The normalized spacial score (nSPS) is 21.0. The lowest BCUT2D eigenvalue weighted by Gasteiger charge is -2.35. The predicted molar refractivity (Wildman–Crippen MR) is 153 cm³/mol. The smallest absolute Gasteiger partial charge is 0.251 e. The Balaban J connectivity index is 1.24. The van der Waals surface area contributed by atoms with Crippen LogP contribution in [0.4, 0.5) is 21.7 Å². The SMILES string of the molecule is C[C@H](O)C(=O)N1CCC(Oc2ccc(-c3ncnc(Nc4ccc(N5CCOC(C(N)=O)C5)cc4)n3)cc2C#N)[C@H](F)C1. The largest absolute Gasteiger partial charge is 0.486 e. The van der Waals surface area contributed by atoms with E-state index in [-0.39, 0.29) is 36.8 Å². The summed E-state index contributed by atoms with van der Waals surface area (Å²) in [6.45, 7) is 2.82. The number of piperidine rings is 1. The number of nitrogens with zero attached hydrogens (tertiary/aromatic N) is 6. The lowest BCUT2D eigenvalue weighted by Crippen LogP contribution is -2.51. The van der Waals surface area contributed by atoms with Crippen molar-refractivity contribution in [3.8, 4) is 23.2 Å². The number of nitrogens with two attached hydrogens (primary N) is 1. The zero-order valence-corrected chi connectivity index (χ0v) is 23.4. The van der Waals surface area contributed by atoms with Gasteiger partial charge in [-0.1, -0.05) is 0 Å². The topological polar surface area (TPSA) is 180 Å². The Labute approximate surface area is 247 Å². The van der Waals surface area contributed by atoms with Gasteiger partial charge in [0.05, 0.1) is 25.3 Å². The summed E-state index contributed by atoms with van der Waals surface area (Å²) in [5.74, 6) is -0.204. The molecule has 0 radical (unpaired) electrons. The van der Waals surface area contributed by atoms with Crippen LogP contribution >= 0.6 is 0 Å². The summed E-state index contributed by atoms with van der Waals surface area (Å²) in [5.41, 5.74) is 7.75. The van der Waals surface area contributed by atoms with E-state index in [0.717, 1.165) is 11.4 Å². The lowest BCUT2D eigenvalue weighted by molar-refractivity contribution is -0.143. The molecule has 3 heterocycles. The standard InChI is InChI=1S/C29H31FN8O5/c1-17(39)28(41)38-9-8-24(22(30)14-38)43-23-7-2-18(12-19(23)13-31)27-33-16-34-29(36-27)35-20-3-5-21(6-4-20)37-10-11-42-25(15-37)26(32)40/h2-7,12,16-17,22,24-25,39H,8-11,14-15H2,1H3,(H2,32,40)(H,33,34,35,36)/t17-,22+,24?,25?/m0/s1. The minimum atomic E-state index is -1.48. The third-order valence-corrected chi connectivity index (χ3v) is 7.23. The number of primary amides is 1. The van der Waals surface area contributed by atoms with Gasteiger partial charge in [0.1, 0.15) is 30.4 Å². The third-order valence-electron chi connectivity index (χ3n) is 7.23. The van der Waals surface area contributed by atoms with Gasteiger partial charge in [-0.25, -0.2) is 14.4 Å². The van der Waals surface area contributed by atoms with Gasteiger partial charge in [0.15, 0.2) is 18.1 Å². The summed E-state index contributed by atoms with van der Waals surface area (Å²) in [6, 6.07) is 14.4. The number of halogens is 1. The Kier molecular flexibility index (Phi) is 8.93. The van der Waals surface area contributed by atoms with Crippen LogP contribution in [0.3, 0.4) is 0 Å². The average Bonchev–Trinajstić information content (AvgIpc) is 3.02. The summed E-state index contributed by atoms with van der Waals surface area (Å²) >= 11 is 0. The summed E-state index contributed by atoms with van der Waals surface area (Å²) in [6.07, 6.45) is -2.60. The number of aliphatic hydroxyl groups excluding tert-OH is 1. The molecule has 2 fully saturated rings. The summed E-state index contributed by atoms with van der Waals surface area (Å²) in [5, 5.41) is 22.4. The Bertz CT molecular complexity index is 1520. The highest BCUT2D eigenvalue weighted by atomic mass is 19.1. The number of carbonyl (C=O) groups excluding carboxylic acids is 2. The van der Waals surface area contributed by atoms with Crippen LogP contribution in [0.5, 0.6) is 5.75 Å². The van der Waals surface area contributed by atoms with Gasteiger partial charge in [0.2, 0.25) is 11.9 Å². The number of hydrogen-bond acceptors (Lipinski definition) is 11. The molecule has 14 heteroatoms. The molecular formula is C29H31FN8O5. The second kappa shape index (κ2) is 13.0. The highest BCUT2D eigenvalue weighted by Gasteiger charge is 2.34. The molecule has 0 aliphatic carbocycles. The fourth-order valence-electron chi connectivity index (χ4n) is 4.94. The van der Waals surface area contributed by atoms with E-state index in [0.29, 0.717) is 31.1 Å². The van der Waals surface area contributed by atoms with Gasteiger partial charge in [-0.15, -0.1) is 0 Å². The number of benzene rings is 2. The number of alkyl halides is 1. The summed E-state index contributed by atoms with van der Waals surface area (Å²) in [4.78, 5) is 39.7. The van der Waals surface area contributed by atoms with Crippen LogP contribution in [0.25, 0.3) is 11.4 Å². The number of carbonyl (C=O) groups is 2. The van der Waals surface area contributed by atoms with E-state index in [1.807, 2.05) is 29.2 Å². The van der Waals surface area contributed by atoms with E-state index >= 15 is 0 Å². The first-order valence-electron chi connectivity index (χ1n) is 13.8. The maximum atomic E-state index is 14.8. The lowest BCUT2D eigenvalue weighted by atomic mass is 10.0. The molecule has 1 aromatic heterocycles. The number of amides is 2. The quantitative estimate of drug-likeness (QED) is 0.346. The van der Waals surface area contributed by atoms with Gasteiger partial charge in [-0.05, 0) is 49.4 Å². The van der Waals surface area contributed by atoms with Crippen LogP contribution in [0.1, 0.15) is 18.9 Å². The second-order valence-corrected chi connectivity index (χ2v) is 10.3. The number of aliphatic hydroxyl groups is 1. The Morgan fingerprint density at radius 1 is 1.21 bits per heavy atom. The van der Waals surface area contributed by atoms with E-state index in [4.69, 9.17) is 15.2 Å². The van der Waals surface area contributed by atoms with Gasteiger partial charge >= 0.3 is 0 Å². The number of aromatic nitrogens is 3. The maximum absolute atomic E-state index is 14.8. The van der Waals surface area contributed by atoms with Gasteiger partial charge in [-0.2, -0.15) is 10.2 Å². The molecule has 13 nitrogen and oxygen atoms in total. The number of ether oxygens (including phenoxy) is 2.